The van der Waals surface area contributed by atoms with Gasteiger partial charge in [-0.2, -0.15) is 0 Å². The largest absolute Gasteiger partial charge is 0.353 e. The zero-order valence-electron chi connectivity index (χ0n) is 17.2. The van der Waals surface area contributed by atoms with Crippen LogP contribution in [-0.2, 0) is 0 Å². The predicted octanol–water partition coefficient (Wildman–Crippen LogP) is 3.66. The van der Waals surface area contributed by atoms with Gasteiger partial charge in [0.2, 0.25) is 0 Å². The molecule has 8 heteroatoms. The molecule has 1 fully saturated rings. The summed E-state index contributed by atoms with van der Waals surface area (Å²) in [5, 5.41) is 0.888. The van der Waals surface area contributed by atoms with Gasteiger partial charge in [0, 0.05) is 50.2 Å². The number of anilines is 1. The number of aromatic nitrogens is 4. The first-order valence-electron chi connectivity index (χ1n) is 10.2. The normalized spacial score (nSPS) is 14.1. The molecule has 4 heterocycles. The van der Waals surface area contributed by atoms with E-state index in [1.807, 2.05) is 77.3 Å². The molecule has 0 atom stereocenters. The van der Waals surface area contributed by atoms with Crippen molar-refractivity contribution in [2.45, 2.75) is 6.92 Å². The predicted molar refractivity (Wildman–Crippen MR) is 122 cm³/mol. The summed E-state index contributed by atoms with van der Waals surface area (Å²) in [6.07, 6.45) is 5.52. The number of hydrogen-bond donors (Lipinski definition) is 0. The molecule has 31 heavy (non-hydrogen) atoms. The number of carbonyl (C=O) groups is 1. The topological polar surface area (TPSA) is 67.2 Å². The molecule has 1 aliphatic heterocycles. The highest BCUT2D eigenvalue weighted by Gasteiger charge is 2.26. The molecular formula is C23H22N6OS. The Morgan fingerprint density at radius 2 is 1.65 bits per heavy atom. The average molecular weight is 431 g/mol. The molecular weight excluding hydrogens is 408 g/mol. The second kappa shape index (κ2) is 8.31. The smallest absolute Gasteiger partial charge is 0.265 e. The minimum Gasteiger partial charge on any atom is -0.353 e. The maximum atomic E-state index is 13.2. The van der Waals surface area contributed by atoms with Crippen LogP contribution in [-0.4, -0.2) is 56.5 Å². The molecule has 0 saturated carbocycles. The molecule has 1 amide bonds. The number of aryl methyl sites for hydroxylation is 1. The summed E-state index contributed by atoms with van der Waals surface area (Å²) < 4.78 is 1.96. The van der Waals surface area contributed by atoms with E-state index in [9.17, 15) is 4.79 Å². The van der Waals surface area contributed by atoms with Gasteiger partial charge in [-0.3, -0.25) is 4.79 Å². The van der Waals surface area contributed by atoms with Crippen LogP contribution in [0.15, 0.2) is 67.3 Å². The molecule has 0 bridgehead atoms. The fraction of sp³-hybridized carbons (Fsp3) is 0.217. The molecule has 3 aromatic heterocycles. The maximum absolute atomic E-state index is 13.2. The number of carbonyl (C=O) groups excluding carboxylic acids is 1. The van der Waals surface area contributed by atoms with Gasteiger partial charge in [-0.1, -0.05) is 30.3 Å². The third kappa shape index (κ3) is 3.94. The van der Waals surface area contributed by atoms with Crippen LogP contribution in [0.25, 0.3) is 16.4 Å². The van der Waals surface area contributed by atoms with E-state index in [1.165, 1.54) is 11.3 Å². The van der Waals surface area contributed by atoms with E-state index in [0.29, 0.717) is 13.1 Å². The molecule has 7 nitrogen and oxygen atoms in total. The van der Waals surface area contributed by atoms with Crippen molar-refractivity contribution in [1.82, 2.24) is 24.4 Å². The first-order chi connectivity index (χ1) is 15.2. The summed E-state index contributed by atoms with van der Waals surface area (Å²) in [6.45, 7) is 4.68. The lowest BCUT2D eigenvalue weighted by molar-refractivity contribution is 0.0750. The van der Waals surface area contributed by atoms with Gasteiger partial charge >= 0.3 is 0 Å². The third-order valence-electron chi connectivity index (χ3n) is 5.41. The Bertz CT molecular complexity index is 1180. The summed E-state index contributed by atoms with van der Waals surface area (Å²) in [4.78, 5) is 31.4. The number of amides is 1. The quantitative estimate of drug-likeness (QED) is 0.494. The van der Waals surface area contributed by atoms with Gasteiger partial charge in [-0.05, 0) is 19.1 Å². The van der Waals surface area contributed by atoms with E-state index in [-0.39, 0.29) is 5.91 Å². The Hall–Kier alpha value is -3.52. The maximum Gasteiger partial charge on any atom is 0.265 e. The highest BCUT2D eigenvalue weighted by Crippen LogP contribution is 2.29. The van der Waals surface area contributed by atoms with Crippen LogP contribution >= 0.6 is 11.3 Å². The minimum absolute atomic E-state index is 0.0625. The fourth-order valence-corrected chi connectivity index (χ4v) is 4.76. The summed E-state index contributed by atoms with van der Waals surface area (Å²) in [6, 6.07) is 15.9. The third-order valence-corrected chi connectivity index (χ3v) is 6.60. The molecule has 0 aliphatic carbocycles. The van der Waals surface area contributed by atoms with Gasteiger partial charge in [-0.15, -0.1) is 11.3 Å². The fourth-order valence-electron chi connectivity index (χ4n) is 3.72. The highest BCUT2D eigenvalue weighted by atomic mass is 32.1. The van der Waals surface area contributed by atoms with Crippen LogP contribution in [0.1, 0.15) is 15.4 Å². The van der Waals surface area contributed by atoms with Gasteiger partial charge in [0.25, 0.3) is 5.91 Å². The van der Waals surface area contributed by atoms with E-state index >= 15 is 0 Å². The molecule has 0 N–H and O–H groups in total. The van der Waals surface area contributed by atoms with Crippen LogP contribution in [0.4, 0.5) is 5.82 Å². The lowest BCUT2D eigenvalue weighted by Crippen LogP contribution is -2.49. The lowest BCUT2D eigenvalue weighted by atomic mass is 10.2. The number of hydrogen-bond acceptors (Lipinski definition) is 6. The van der Waals surface area contributed by atoms with Crippen molar-refractivity contribution in [3.05, 3.63) is 77.8 Å². The highest BCUT2D eigenvalue weighted by molar-refractivity contribution is 7.17. The molecule has 5 rings (SSSR count). The van der Waals surface area contributed by atoms with E-state index in [4.69, 9.17) is 0 Å². The molecule has 0 spiro atoms. The number of thiazole rings is 1. The molecule has 1 saturated heterocycles. The van der Waals surface area contributed by atoms with E-state index in [0.717, 1.165) is 45.9 Å². The average Bonchev–Trinajstić information content (AvgIpc) is 3.50. The van der Waals surface area contributed by atoms with Gasteiger partial charge in [0.15, 0.2) is 0 Å². The molecule has 0 unspecified atom stereocenters. The van der Waals surface area contributed by atoms with Gasteiger partial charge in [-0.25, -0.2) is 15.0 Å². The van der Waals surface area contributed by atoms with Crippen LogP contribution < -0.4 is 4.90 Å². The van der Waals surface area contributed by atoms with E-state index in [1.54, 1.807) is 6.33 Å². The van der Waals surface area contributed by atoms with Crippen molar-refractivity contribution in [1.29, 1.82) is 0 Å². The Labute approximate surface area is 184 Å². The zero-order valence-corrected chi connectivity index (χ0v) is 18.0. The van der Waals surface area contributed by atoms with Crippen molar-refractivity contribution in [3.8, 4) is 16.4 Å². The zero-order chi connectivity index (χ0) is 21.2. The summed E-state index contributed by atoms with van der Waals surface area (Å²) in [5.74, 6) is 1.78. The van der Waals surface area contributed by atoms with Crippen LogP contribution in [0.3, 0.4) is 0 Å². The van der Waals surface area contributed by atoms with Crippen molar-refractivity contribution < 1.29 is 4.79 Å². The Kier molecular flexibility index (Phi) is 5.21. The van der Waals surface area contributed by atoms with Crippen molar-refractivity contribution in [2.75, 3.05) is 31.1 Å². The summed E-state index contributed by atoms with van der Waals surface area (Å²) in [5.41, 5.74) is 1.84. The van der Waals surface area contributed by atoms with Crippen LogP contribution in [0.2, 0.25) is 0 Å². The number of nitrogens with zero attached hydrogens (tertiary/aromatic N) is 6. The van der Waals surface area contributed by atoms with Gasteiger partial charge < -0.3 is 14.4 Å². The second-order valence-corrected chi connectivity index (χ2v) is 8.40. The first kappa shape index (κ1) is 19.4. The van der Waals surface area contributed by atoms with Gasteiger partial charge in [0.05, 0.1) is 5.69 Å². The standard InChI is InChI=1S/C23H22N6OS/c1-17-21(31-22(26-17)18-7-3-2-4-8-18)23(30)29-13-11-28(12-14-29)20-15-19(24-16-25-20)27-9-5-6-10-27/h2-10,15-16H,11-14H2,1H3. The molecule has 1 aromatic carbocycles. The van der Waals surface area contributed by atoms with Gasteiger partial charge in [0.1, 0.15) is 27.8 Å². The molecule has 4 aromatic rings. The molecule has 0 radical (unpaired) electrons. The van der Waals surface area contributed by atoms with Crippen molar-refractivity contribution in [3.63, 3.8) is 0 Å². The molecule has 156 valence electrons. The number of benzene rings is 1. The van der Waals surface area contributed by atoms with Crippen molar-refractivity contribution >= 4 is 23.1 Å². The number of piperazine rings is 1. The first-order valence-corrected chi connectivity index (χ1v) is 11.0. The van der Waals surface area contributed by atoms with E-state index in [2.05, 4.69) is 19.9 Å². The molecule has 1 aliphatic rings. The summed E-state index contributed by atoms with van der Waals surface area (Å²) in [7, 11) is 0. The Morgan fingerprint density at radius 3 is 2.39 bits per heavy atom. The number of rotatable bonds is 4. The van der Waals surface area contributed by atoms with E-state index < -0.39 is 0 Å². The van der Waals surface area contributed by atoms with Crippen molar-refractivity contribution in [2.24, 2.45) is 0 Å². The Morgan fingerprint density at radius 1 is 0.935 bits per heavy atom. The van der Waals surface area contributed by atoms with Crippen LogP contribution in [0, 0.1) is 6.92 Å². The second-order valence-electron chi connectivity index (χ2n) is 7.40. The summed E-state index contributed by atoms with van der Waals surface area (Å²) >= 11 is 1.47. The van der Waals surface area contributed by atoms with Crippen LogP contribution in [0.5, 0.6) is 0 Å². The minimum atomic E-state index is 0.0625. The monoisotopic (exact) mass is 430 g/mol. The SMILES string of the molecule is Cc1nc(-c2ccccc2)sc1C(=O)N1CCN(c2cc(-n3cccc3)ncn2)CC1. The Balaban J connectivity index is 1.28. The lowest BCUT2D eigenvalue weighted by Gasteiger charge is -2.35.